The number of nitrogens with zero attached hydrogens (tertiary/aromatic N) is 2. The first-order valence-electron chi connectivity index (χ1n) is 8.84. The van der Waals surface area contributed by atoms with Crippen LogP contribution in [0.4, 0.5) is 11.6 Å². The Kier molecular flexibility index (Phi) is 6.41. The molecule has 0 fully saturated rings. The zero-order chi connectivity index (χ0) is 19.8. The van der Waals surface area contributed by atoms with Gasteiger partial charge in [0.25, 0.3) is 5.91 Å². The van der Waals surface area contributed by atoms with Crippen LogP contribution in [0.1, 0.15) is 16.1 Å². The molecule has 144 valence electrons. The number of carbonyl (C=O) groups is 1. The second-order valence-corrected chi connectivity index (χ2v) is 5.94. The lowest BCUT2D eigenvalue weighted by Gasteiger charge is -2.10. The van der Waals surface area contributed by atoms with Crippen LogP contribution in [0.5, 0.6) is 11.5 Å². The second-order valence-electron chi connectivity index (χ2n) is 5.94. The average Bonchev–Trinajstić information content (AvgIpc) is 2.74. The number of rotatable bonds is 8. The minimum absolute atomic E-state index is 0.276. The predicted octanol–water partition coefficient (Wildman–Crippen LogP) is 3.40. The summed E-state index contributed by atoms with van der Waals surface area (Å²) in [6, 6.07) is 16.6. The van der Waals surface area contributed by atoms with Gasteiger partial charge >= 0.3 is 0 Å². The fourth-order valence-corrected chi connectivity index (χ4v) is 2.68. The number of hydrogen-bond acceptors (Lipinski definition) is 6. The van der Waals surface area contributed by atoms with Crippen molar-refractivity contribution in [1.82, 2.24) is 9.97 Å². The Labute approximate surface area is 163 Å². The number of hydrogen-bond donors (Lipinski definition) is 2. The minimum Gasteiger partial charge on any atom is -0.497 e. The molecule has 1 aromatic heterocycles. The molecule has 0 radical (unpaired) electrons. The lowest BCUT2D eigenvalue weighted by molar-refractivity contribution is 0.102. The molecule has 2 aromatic carbocycles. The molecule has 0 aliphatic heterocycles. The van der Waals surface area contributed by atoms with Crippen molar-refractivity contribution < 1.29 is 14.3 Å². The molecule has 2 N–H and O–H groups in total. The van der Waals surface area contributed by atoms with Gasteiger partial charge in [0, 0.05) is 24.5 Å². The van der Waals surface area contributed by atoms with E-state index in [2.05, 4.69) is 20.6 Å². The molecule has 0 saturated heterocycles. The Balaban J connectivity index is 1.60. The number of ether oxygens (including phenoxy) is 2. The molecule has 7 nitrogen and oxygen atoms in total. The molecule has 7 heteroatoms. The summed E-state index contributed by atoms with van der Waals surface area (Å²) >= 11 is 0. The predicted molar refractivity (Wildman–Crippen MR) is 108 cm³/mol. The van der Waals surface area contributed by atoms with Crippen molar-refractivity contribution in [1.29, 1.82) is 0 Å². The van der Waals surface area contributed by atoms with Gasteiger partial charge in [-0.3, -0.25) is 4.79 Å². The van der Waals surface area contributed by atoms with Crippen molar-refractivity contribution in [3.05, 3.63) is 72.1 Å². The first-order chi connectivity index (χ1) is 13.7. The first kappa shape index (κ1) is 19.2. The average molecular weight is 378 g/mol. The molecule has 0 spiro atoms. The third-order valence-electron chi connectivity index (χ3n) is 4.09. The van der Waals surface area contributed by atoms with E-state index >= 15 is 0 Å². The molecular formula is C21H22N4O3. The van der Waals surface area contributed by atoms with Crippen molar-refractivity contribution >= 4 is 17.5 Å². The van der Waals surface area contributed by atoms with E-state index < -0.39 is 0 Å². The summed E-state index contributed by atoms with van der Waals surface area (Å²) in [5.74, 6) is 1.59. The number of amides is 1. The quantitative estimate of drug-likeness (QED) is 0.625. The smallest absolute Gasteiger partial charge is 0.274 e. The van der Waals surface area contributed by atoms with E-state index in [1.54, 1.807) is 44.7 Å². The highest BCUT2D eigenvalue weighted by atomic mass is 16.5. The first-order valence-corrected chi connectivity index (χ1v) is 8.84. The number of para-hydroxylation sites is 1. The van der Waals surface area contributed by atoms with Crippen LogP contribution >= 0.6 is 0 Å². The SMILES string of the molecule is COc1cccc(NC(=O)c2ccnc(NCCc3ccccc3OC)n2)c1. The van der Waals surface area contributed by atoms with E-state index in [9.17, 15) is 4.79 Å². The summed E-state index contributed by atoms with van der Waals surface area (Å²) in [7, 11) is 3.23. The highest BCUT2D eigenvalue weighted by Gasteiger charge is 2.10. The fourth-order valence-electron chi connectivity index (χ4n) is 2.68. The lowest BCUT2D eigenvalue weighted by Crippen LogP contribution is -2.16. The highest BCUT2D eigenvalue weighted by Crippen LogP contribution is 2.18. The summed E-state index contributed by atoms with van der Waals surface area (Å²) in [6.07, 6.45) is 2.30. The third kappa shape index (κ3) is 4.97. The molecule has 1 amide bonds. The molecule has 0 unspecified atom stereocenters. The van der Waals surface area contributed by atoms with Gasteiger partial charge in [0.05, 0.1) is 14.2 Å². The Morgan fingerprint density at radius 3 is 2.71 bits per heavy atom. The van der Waals surface area contributed by atoms with Gasteiger partial charge in [-0.15, -0.1) is 0 Å². The maximum absolute atomic E-state index is 12.5. The van der Waals surface area contributed by atoms with Crippen LogP contribution in [-0.2, 0) is 6.42 Å². The molecule has 0 aliphatic carbocycles. The summed E-state index contributed by atoms with van der Waals surface area (Å²) in [5.41, 5.74) is 2.00. The van der Waals surface area contributed by atoms with E-state index in [1.807, 2.05) is 30.3 Å². The van der Waals surface area contributed by atoms with Gasteiger partial charge in [0.15, 0.2) is 0 Å². The third-order valence-corrected chi connectivity index (χ3v) is 4.09. The molecule has 3 aromatic rings. The van der Waals surface area contributed by atoms with Gasteiger partial charge < -0.3 is 20.1 Å². The number of benzene rings is 2. The molecule has 28 heavy (non-hydrogen) atoms. The van der Waals surface area contributed by atoms with Crippen LogP contribution in [0.15, 0.2) is 60.8 Å². The number of aromatic nitrogens is 2. The maximum atomic E-state index is 12.5. The van der Waals surface area contributed by atoms with Crippen molar-refractivity contribution in [3.8, 4) is 11.5 Å². The normalized spacial score (nSPS) is 10.2. The van der Waals surface area contributed by atoms with E-state index in [4.69, 9.17) is 9.47 Å². The molecule has 3 rings (SSSR count). The maximum Gasteiger partial charge on any atom is 0.274 e. The van der Waals surface area contributed by atoms with Gasteiger partial charge in [-0.25, -0.2) is 9.97 Å². The van der Waals surface area contributed by atoms with Crippen molar-refractivity contribution in [2.45, 2.75) is 6.42 Å². The zero-order valence-corrected chi connectivity index (χ0v) is 15.8. The second kappa shape index (κ2) is 9.36. The molecule has 0 saturated carbocycles. The highest BCUT2D eigenvalue weighted by molar-refractivity contribution is 6.03. The van der Waals surface area contributed by atoms with Crippen LogP contribution in [0.25, 0.3) is 0 Å². The van der Waals surface area contributed by atoms with Crippen molar-refractivity contribution in [2.75, 3.05) is 31.4 Å². The zero-order valence-electron chi connectivity index (χ0n) is 15.8. The fraction of sp³-hybridized carbons (Fsp3) is 0.190. The van der Waals surface area contributed by atoms with E-state index in [0.29, 0.717) is 23.9 Å². The van der Waals surface area contributed by atoms with Gasteiger partial charge in [0.2, 0.25) is 5.95 Å². The van der Waals surface area contributed by atoms with Crippen LogP contribution in [0.2, 0.25) is 0 Å². The standard InChI is InChI=1S/C21H22N4O3/c1-27-17-8-5-7-16(14-17)24-20(26)18-11-13-23-21(25-18)22-12-10-15-6-3-4-9-19(15)28-2/h3-9,11,13-14H,10,12H2,1-2H3,(H,24,26)(H,22,23,25). The Morgan fingerprint density at radius 1 is 1.04 bits per heavy atom. The van der Waals surface area contributed by atoms with E-state index in [-0.39, 0.29) is 11.6 Å². The number of carbonyl (C=O) groups excluding carboxylic acids is 1. The summed E-state index contributed by atoms with van der Waals surface area (Å²) in [4.78, 5) is 20.9. The van der Waals surface area contributed by atoms with Gasteiger partial charge in [-0.1, -0.05) is 24.3 Å². The molecule has 0 aliphatic rings. The number of methoxy groups -OCH3 is 2. The molecule has 0 bridgehead atoms. The van der Waals surface area contributed by atoms with Gasteiger partial charge in [-0.05, 0) is 36.2 Å². The van der Waals surface area contributed by atoms with E-state index in [1.165, 1.54) is 0 Å². The van der Waals surface area contributed by atoms with Crippen LogP contribution in [0, 0.1) is 0 Å². The number of nitrogens with one attached hydrogen (secondary N) is 2. The van der Waals surface area contributed by atoms with Crippen LogP contribution < -0.4 is 20.1 Å². The lowest BCUT2D eigenvalue weighted by atomic mass is 10.1. The Morgan fingerprint density at radius 2 is 1.89 bits per heavy atom. The summed E-state index contributed by atoms with van der Waals surface area (Å²) in [6.45, 7) is 0.612. The minimum atomic E-state index is -0.316. The topological polar surface area (TPSA) is 85.4 Å². The summed E-state index contributed by atoms with van der Waals surface area (Å²) < 4.78 is 10.5. The monoisotopic (exact) mass is 378 g/mol. The van der Waals surface area contributed by atoms with E-state index in [0.717, 1.165) is 17.7 Å². The molecule has 0 atom stereocenters. The van der Waals surface area contributed by atoms with Crippen LogP contribution in [0.3, 0.4) is 0 Å². The van der Waals surface area contributed by atoms with Crippen molar-refractivity contribution in [3.63, 3.8) is 0 Å². The Bertz CT molecular complexity index is 946. The Hall–Kier alpha value is -3.61. The van der Waals surface area contributed by atoms with Crippen LogP contribution in [-0.4, -0.2) is 36.6 Å². The molecular weight excluding hydrogens is 356 g/mol. The largest absolute Gasteiger partial charge is 0.497 e. The van der Waals surface area contributed by atoms with Crippen molar-refractivity contribution in [2.24, 2.45) is 0 Å². The summed E-state index contributed by atoms with van der Waals surface area (Å²) in [5, 5.41) is 5.95. The number of anilines is 2. The van der Waals surface area contributed by atoms with Gasteiger partial charge in [-0.2, -0.15) is 0 Å². The molecule has 1 heterocycles. The van der Waals surface area contributed by atoms with Gasteiger partial charge in [0.1, 0.15) is 17.2 Å².